The van der Waals surface area contributed by atoms with Crippen LogP contribution in [0.25, 0.3) is 5.57 Å². The third-order valence-electron chi connectivity index (χ3n) is 6.36. The van der Waals surface area contributed by atoms with E-state index >= 15 is 0 Å². The number of amides is 2. The summed E-state index contributed by atoms with van der Waals surface area (Å²) in [7, 11) is 5.46. The van der Waals surface area contributed by atoms with Gasteiger partial charge in [0.2, 0.25) is 0 Å². The van der Waals surface area contributed by atoms with Crippen LogP contribution in [0.1, 0.15) is 24.0 Å². The van der Waals surface area contributed by atoms with Crippen molar-refractivity contribution in [2.45, 2.75) is 25.8 Å². The van der Waals surface area contributed by atoms with Crippen LogP contribution in [0.2, 0.25) is 0 Å². The summed E-state index contributed by atoms with van der Waals surface area (Å²) < 4.78 is 19.1. The number of likely N-dealkylation sites (N-methyl/N-ethyl adjacent to an activating group) is 1. The summed E-state index contributed by atoms with van der Waals surface area (Å²) in [5.41, 5.74) is 2.48. The third-order valence-corrected chi connectivity index (χ3v) is 6.36. The summed E-state index contributed by atoms with van der Waals surface area (Å²) >= 11 is 0. The Morgan fingerprint density at radius 1 is 1.03 bits per heavy atom. The zero-order valence-electron chi connectivity index (χ0n) is 18.9. The lowest BCUT2D eigenvalue weighted by molar-refractivity contribution is -0.120. The van der Waals surface area contributed by atoms with Gasteiger partial charge in [-0.15, -0.1) is 0 Å². The van der Waals surface area contributed by atoms with Crippen molar-refractivity contribution in [2.75, 3.05) is 39.2 Å². The number of rotatable bonds is 5. The van der Waals surface area contributed by atoms with E-state index in [0.717, 1.165) is 31.5 Å². The second-order valence-electron chi connectivity index (χ2n) is 8.50. The molecule has 0 aliphatic carbocycles. The molecule has 0 atom stereocenters. The van der Waals surface area contributed by atoms with E-state index in [1.54, 1.807) is 24.3 Å². The van der Waals surface area contributed by atoms with Crippen LogP contribution >= 0.6 is 0 Å². The van der Waals surface area contributed by atoms with Crippen LogP contribution in [-0.2, 0) is 9.59 Å². The number of likely N-dealkylation sites (tertiary alicyclic amines) is 1. The first-order chi connectivity index (χ1) is 15.3. The van der Waals surface area contributed by atoms with Gasteiger partial charge in [0.25, 0.3) is 11.8 Å². The maximum absolute atomic E-state index is 13.8. The molecule has 0 bridgehead atoms. The van der Waals surface area contributed by atoms with E-state index in [2.05, 4.69) is 11.9 Å². The van der Waals surface area contributed by atoms with Crippen LogP contribution in [0, 0.1) is 12.7 Å². The van der Waals surface area contributed by atoms with Gasteiger partial charge >= 0.3 is 0 Å². The van der Waals surface area contributed by atoms with Crippen molar-refractivity contribution in [1.29, 1.82) is 0 Å². The Hall–Kier alpha value is -3.19. The maximum atomic E-state index is 13.8. The smallest absolute Gasteiger partial charge is 0.282 e. The lowest BCUT2D eigenvalue weighted by Crippen LogP contribution is -2.43. The zero-order chi connectivity index (χ0) is 23.0. The zero-order valence-corrected chi connectivity index (χ0v) is 18.9. The summed E-state index contributed by atoms with van der Waals surface area (Å²) in [4.78, 5) is 32.8. The molecule has 0 spiro atoms. The van der Waals surface area contributed by atoms with Gasteiger partial charge in [-0.1, -0.05) is 18.2 Å². The Kier molecular flexibility index (Phi) is 6.02. The molecular weight excluding hydrogens is 409 g/mol. The van der Waals surface area contributed by atoms with Gasteiger partial charge in [-0.25, -0.2) is 9.29 Å². The summed E-state index contributed by atoms with van der Waals surface area (Å²) in [6.07, 6.45) is 1.78. The van der Waals surface area contributed by atoms with Crippen LogP contribution in [0.4, 0.5) is 10.1 Å². The maximum Gasteiger partial charge on any atom is 0.282 e. The molecule has 0 unspecified atom stereocenters. The minimum absolute atomic E-state index is 0.132. The van der Waals surface area contributed by atoms with Crippen molar-refractivity contribution in [1.82, 2.24) is 9.80 Å². The van der Waals surface area contributed by atoms with E-state index < -0.39 is 11.7 Å². The molecule has 2 amide bonds. The average Bonchev–Trinajstić information content (AvgIpc) is 3.04. The molecule has 168 valence electrons. The number of carbonyl (C=O) groups is 2. The van der Waals surface area contributed by atoms with E-state index in [1.807, 2.05) is 24.9 Å². The molecule has 1 fully saturated rings. The summed E-state index contributed by atoms with van der Waals surface area (Å²) in [6.45, 7) is 3.74. The molecule has 2 aliphatic rings. The Morgan fingerprint density at radius 2 is 1.69 bits per heavy atom. The molecule has 0 N–H and O–H groups in total. The minimum atomic E-state index is -0.430. The van der Waals surface area contributed by atoms with Gasteiger partial charge in [-0.3, -0.25) is 9.59 Å². The lowest BCUT2D eigenvalue weighted by Gasteiger charge is -2.36. The van der Waals surface area contributed by atoms with E-state index in [4.69, 9.17) is 4.74 Å². The molecule has 0 aromatic heterocycles. The van der Waals surface area contributed by atoms with Crippen LogP contribution in [0.3, 0.4) is 0 Å². The van der Waals surface area contributed by atoms with E-state index in [0.29, 0.717) is 28.3 Å². The molecule has 6 nitrogen and oxygen atoms in total. The number of ether oxygens (including phenoxy) is 1. The number of hydrogen-bond acceptors (Lipinski definition) is 5. The summed E-state index contributed by atoms with van der Waals surface area (Å²) in [5, 5.41) is 0. The SMILES string of the molecule is COc1ccc(C)cc1N1C(=O)C(c2ccc(F)cc2)=C(N(C)C2CCN(C)CC2)C1=O. The first-order valence-electron chi connectivity index (χ1n) is 10.8. The number of carbonyl (C=O) groups excluding carboxylic acids is 2. The normalized spacial score (nSPS) is 18.0. The van der Waals surface area contributed by atoms with Gasteiger partial charge < -0.3 is 14.5 Å². The van der Waals surface area contributed by atoms with Crippen molar-refractivity contribution >= 4 is 23.1 Å². The van der Waals surface area contributed by atoms with E-state index in [9.17, 15) is 14.0 Å². The molecule has 0 saturated carbocycles. The topological polar surface area (TPSA) is 53.1 Å². The van der Waals surface area contributed by atoms with Crippen molar-refractivity contribution in [3.63, 3.8) is 0 Å². The highest BCUT2D eigenvalue weighted by Gasteiger charge is 2.44. The first-order valence-corrected chi connectivity index (χ1v) is 10.8. The van der Waals surface area contributed by atoms with Crippen molar-refractivity contribution < 1.29 is 18.7 Å². The van der Waals surface area contributed by atoms with Crippen molar-refractivity contribution in [3.05, 3.63) is 65.1 Å². The number of aryl methyl sites for hydroxylation is 1. The second-order valence-corrected chi connectivity index (χ2v) is 8.50. The van der Waals surface area contributed by atoms with Gasteiger partial charge in [0, 0.05) is 13.1 Å². The summed E-state index contributed by atoms with van der Waals surface area (Å²) in [5.74, 6) is -0.771. The molecule has 0 radical (unpaired) electrons. The van der Waals surface area contributed by atoms with Crippen molar-refractivity contribution in [3.8, 4) is 5.75 Å². The third kappa shape index (κ3) is 3.88. The van der Waals surface area contributed by atoms with Gasteiger partial charge in [0.15, 0.2) is 0 Å². The predicted octanol–water partition coefficient (Wildman–Crippen LogP) is 3.45. The fraction of sp³-hybridized carbons (Fsp3) is 0.360. The quantitative estimate of drug-likeness (QED) is 0.671. The molecule has 1 saturated heterocycles. The van der Waals surface area contributed by atoms with Gasteiger partial charge in [-0.05, 0) is 75.3 Å². The number of benzene rings is 2. The fourth-order valence-corrected chi connectivity index (χ4v) is 4.48. The molecule has 7 heteroatoms. The number of methoxy groups -OCH3 is 1. The van der Waals surface area contributed by atoms with Crippen LogP contribution < -0.4 is 9.64 Å². The first kappa shape index (κ1) is 22.0. The number of halogens is 1. The highest BCUT2D eigenvalue weighted by molar-refractivity contribution is 6.45. The Morgan fingerprint density at radius 3 is 2.31 bits per heavy atom. The standard InChI is InChI=1S/C25H28FN3O3/c1-16-5-10-21(32-4)20(15-16)29-24(30)22(17-6-8-18(26)9-7-17)23(25(29)31)28(3)19-11-13-27(2)14-12-19/h5-10,15,19H,11-14H2,1-4H3. The molecule has 2 aliphatic heterocycles. The molecule has 2 aromatic carbocycles. The van der Waals surface area contributed by atoms with Crippen LogP contribution in [-0.4, -0.2) is 62.0 Å². The van der Waals surface area contributed by atoms with Crippen LogP contribution in [0.5, 0.6) is 5.75 Å². The highest BCUT2D eigenvalue weighted by Crippen LogP contribution is 2.39. The van der Waals surface area contributed by atoms with Crippen molar-refractivity contribution in [2.24, 2.45) is 0 Å². The predicted molar refractivity (Wildman–Crippen MR) is 122 cm³/mol. The monoisotopic (exact) mass is 437 g/mol. The molecule has 2 heterocycles. The van der Waals surface area contributed by atoms with Crippen LogP contribution in [0.15, 0.2) is 48.2 Å². The number of hydrogen-bond donors (Lipinski definition) is 0. The highest BCUT2D eigenvalue weighted by atomic mass is 19.1. The molecule has 32 heavy (non-hydrogen) atoms. The largest absolute Gasteiger partial charge is 0.495 e. The Bertz CT molecular complexity index is 1070. The number of imide groups is 1. The molecule has 4 rings (SSSR count). The van der Waals surface area contributed by atoms with Gasteiger partial charge in [0.1, 0.15) is 17.3 Å². The average molecular weight is 438 g/mol. The Balaban J connectivity index is 1.82. The number of anilines is 1. The minimum Gasteiger partial charge on any atom is -0.495 e. The van der Waals surface area contributed by atoms with Gasteiger partial charge in [0.05, 0.1) is 18.4 Å². The van der Waals surface area contributed by atoms with Gasteiger partial charge in [-0.2, -0.15) is 0 Å². The second kappa shape index (κ2) is 8.74. The molecular formula is C25H28FN3O3. The molecule has 2 aromatic rings. The van der Waals surface area contributed by atoms with E-state index in [1.165, 1.54) is 24.1 Å². The fourth-order valence-electron chi connectivity index (χ4n) is 4.48. The summed E-state index contributed by atoms with van der Waals surface area (Å²) in [6, 6.07) is 11.2. The number of nitrogens with zero attached hydrogens (tertiary/aromatic N) is 3. The lowest BCUT2D eigenvalue weighted by atomic mass is 10.00. The number of piperidine rings is 1. The Labute approximate surface area is 187 Å². The van der Waals surface area contributed by atoms with E-state index in [-0.39, 0.29) is 11.9 Å².